The van der Waals surface area contributed by atoms with Gasteiger partial charge in [0.2, 0.25) is 0 Å². The van der Waals surface area contributed by atoms with Crippen molar-refractivity contribution in [2.75, 3.05) is 18.5 Å². The molecule has 1 saturated heterocycles. The highest BCUT2D eigenvalue weighted by Crippen LogP contribution is 2.19. The maximum atomic E-state index is 12.3. The molecule has 2 aromatic heterocycles. The number of nitrogens with zero attached hydrogens (tertiary/aromatic N) is 2. The molecule has 0 aliphatic carbocycles. The number of carbonyl (C=O) groups is 1. The minimum atomic E-state index is -0.310. The van der Waals surface area contributed by atoms with Gasteiger partial charge in [-0.25, -0.2) is 9.97 Å². The fourth-order valence-corrected chi connectivity index (χ4v) is 2.24. The topological polar surface area (TPSA) is 73.3 Å². The Bertz CT molecular complexity index is 655. The molecular weight excluding hydrogens is 282 g/mol. The minimum absolute atomic E-state index is 0.0356. The van der Waals surface area contributed by atoms with Gasteiger partial charge >= 0.3 is 0 Å². The van der Waals surface area contributed by atoms with Crippen LogP contribution in [-0.4, -0.2) is 35.2 Å². The first-order valence-electron chi connectivity index (χ1n) is 7.16. The Balaban J connectivity index is 1.75. The van der Waals surface area contributed by atoms with E-state index in [1.54, 1.807) is 30.5 Å². The number of hydrogen-bond acceptors (Lipinski definition) is 5. The molecule has 0 saturated carbocycles. The lowest BCUT2D eigenvalue weighted by Gasteiger charge is -2.13. The van der Waals surface area contributed by atoms with E-state index in [0.717, 1.165) is 12.1 Å². The second kappa shape index (κ2) is 6.53. The van der Waals surface area contributed by atoms with Gasteiger partial charge in [-0.1, -0.05) is 6.07 Å². The summed E-state index contributed by atoms with van der Waals surface area (Å²) in [6, 6.07) is 8.78. The molecular formula is C16H17N3O3. The highest BCUT2D eigenvalue weighted by atomic mass is 16.5. The molecule has 1 aliphatic heterocycles. The van der Waals surface area contributed by atoms with E-state index < -0.39 is 0 Å². The Labute approximate surface area is 128 Å². The molecule has 0 unspecified atom stereocenters. The SMILES string of the molecule is Cc1cc(O[C@@H]2CCOC2)cc(C(=O)Nc2ccccn2)n1. The zero-order valence-corrected chi connectivity index (χ0v) is 12.3. The van der Waals surface area contributed by atoms with Gasteiger partial charge in [0.1, 0.15) is 23.4 Å². The van der Waals surface area contributed by atoms with Crippen molar-refractivity contribution >= 4 is 11.7 Å². The van der Waals surface area contributed by atoms with E-state index >= 15 is 0 Å². The molecule has 6 nitrogen and oxygen atoms in total. The molecule has 3 rings (SSSR count). The van der Waals surface area contributed by atoms with Gasteiger partial charge in [0, 0.05) is 30.4 Å². The van der Waals surface area contributed by atoms with Gasteiger partial charge in [-0.2, -0.15) is 0 Å². The summed E-state index contributed by atoms with van der Waals surface area (Å²) < 4.78 is 11.1. The molecule has 114 valence electrons. The summed E-state index contributed by atoms with van der Waals surface area (Å²) in [6.45, 7) is 3.12. The number of anilines is 1. The maximum Gasteiger partial charge on any atom is 0.275 e. The monoisotopic (exact) mass is 299 g/mol. The first-order chi connectivity index (χ1) is 10.7. The van der Waals surface area contributed by atoms with Gasteiger partial charge in [0.25, 0.3) is 5.91 Å². The number of aromatic nitrogens is 2. The molecule has 1 aliphatic rings. The Morgan fingerprint density at radius 3 is 3.05 bits per heavy atom. The summed E-state index contributed by atoms with van der Waals surface area (Å²) >= 11 is 0. The lowest BCUT2D eigenvalue weighted by molar-refractivity contribution is 0.102. The Morgan fingerprint density at radius 2 is 2.32 bits per heavy atom. The van der Waals surface area contributed by atoms with Crippen LogP contribution < -0.4 is 10.1 Å². The second-order valence-electron chi connectivity index (χ2n) is 5.10. The van der Waals surface area contributed by atoms with Crippen LogP contribution in [0.5, 0.6) is 5.75 Å². The van der Waals surface area contributed by atoms with Crippen LogP contribution in [0.1, 0.15) is 22.6 Å². The van der Waals surface area contributed by atoms with E-state index in [0.29, 0.717) is 30.5 Å². The van der Waals surface area contributed by atoms with Crippen LogP contribution in [0.2, 0.25) is 0 Å². The lowest BCUT2D eigenvalue weighted by Crippen LogP contribution is -2.18. The Morgan fingerprint density at radius 1 is 1.41 bits per heavy atom. The normalized spacial score (nSPS) is 17.2. The summed E-state index contributed by atoms with van der Waals surface area (Å²) in [7, 11) is 0. The van der Waals surface area contributed by atoms with E-state index in [9.17, 15) is 4.79 Å². The van der Waals surface area contributed by atoms with Crippen LogP contribution in [-0.2, 0) is 4.74 Å². The smallest absolute Gasteiger partial charge is 0.275 e. The quantitative estimate of drug-likeness (QED) is 0.937. The molecule has 0 aromatic carbocycles. The van der Waals surface area contributed by atoms with E-state index in [2.05, 4.69) is 15.3 Å². The summed E-state index contributed by atoms with van der Waals surface area (Å²) in [4.78, 5) is 20.6. The highest BCUT2D eigenvalue weighted by molar-refractivity contribution is 6.02. The number of aryl methyl sites for hydroxylation is 1. The predicted octanol–water partition coefficient (Wildman–Crippen LogP) is 2.21. The van der Waals surface area contributed by atoms with Crippen LogP contribution in [0.25, 0.3) is 0 Å². The summed E-state index contributed by atoms with van der Waals surface area (Å²) in [6.07, 6.45) is 2.51. The third-order valence-electron chi connectivity index (χ3n) is 3.26. The zero-order valence-electron chi connectivity index (χ0n) is 12.3. The number of pyridine rings is 2. The van der Waals surface area contributed by atoms with E-state index in [4.69, 9.17) is 9.47 Å². The summed E-state index contributed by atoms with van der Waals surface area (Å²) in [5, 5.41) is 2.71. The van der Waals surface area contributed by atoms with Crippen molar-refractivity contribution in [3.63, 3.8) is 0 Å². The molecule has 1 N–H and O–H groups in total. The number of hydrogen-bond donors (Lipinski definition) is 1. The second-order valence-corrected chi connectivity index (χ2v) is 5.10. The van der Waals surface area contributed by atoms with Crippen LogP contribution in [0.4, 0.5) is 5.82 Å². The van der Waals surface area contributed by atoms with E-state index in [-0.39, 0.29) is 12.0 Å². The van der Waals surface area contributed by atoms with Crippen molar-refractivity contribution < 1.29 is 14.3 Å². The highest BCUT2D eigenvalue weighted by Gasteiger charge is 2.18. The average Bonchev–Trinajstić information content (AvgIpc) is 3.00. The standard InChI is InChI=1S/C16H17N3O3/c1-11-8-13(22-12-5-7-21-10-12)9-14(18-11)16(20)19-15-4-2-3-6-17-15/h2-4,6,8-9,12H,5,7,10H2,1H3,(H,17,19,20)/t12-/m1/s1. The van der Waals surface area contributed by atoms with Crippen molar-refractivity contribution in [1.82, 2.24) is 9.97 Å². The number of amides is 1. The fourth-order valence-electron chi connectivity index (χ4n) is 2.24. The Kier molecular flexibility index (Phi) is 4.29. The maximum absolute atomic E-state index is 12.3. The van der Waals surface area contributed by atoms with Gasteiger partial charge in [-0.15, -0.1) is 0 Å². The molecule has 1 atom stereocenters. The first kappa shape index (κ1) is 14.5. The molecule has 1 fully saturated rings. The molecule has 3 heterocycles. The van der Waals surface area contributed by atoms with Crippen molar-refractivity contribution in [1.29, 1.82) is 0 Å². The molecule has 6 heteroatoms. The summed E-state index contributed by atoms with van der Waals surface area (Å²) in [5.74, 6) is 0.812. The molecule has 22 heavy (non-hydrogen) atoms. The molecule has 2 aromatic rings. The van der Waals surface area contributed by atoms with Crippen molar-refractivity contribution in [2.24, 2.45) is 0 Å². The molecule has 1 amide bonds. The zero-order chi connectivity index (χ0) is 15.4. The van der Waals surface area contributed by atoms with Gasteiger partial charge in [0.15, 0.2) is 0 Å². The van der Waals surface area contributed by atoms with Gasteiger partial charge < -0.3 is 14.8 Å². The Hall–Kier alpha value is -2.47. The van der Waals surface area contributed by atoms with Crippen LogP contribution in [0.3, 0.4) is 0 Å². The van der Waals surface area contributed by atoms with Gasteiger partial charge in [-0.05, 0) is 19.1 Å². The summed E-state index contributed by atoms with van der Waals surface area (Å²) in [5.41, 5.74) is 1.03. The minimum Gasteiger partial charge on any atom is -0.488 e. The fraction of sp³-hybridized carbons (Fsp3) is 0.312. The van der Waals surface area contributed by atoms with Gasteiger partial charge in [0.05, 0.1) is 13.2 Å². The third kappa shape index (κ3) is 3.59. The number of carbonyl (C=O) groups excluding carboxylic acids is 1. The van der Waals surface area contributed by atoms with E-state index in [1.165, 1.54) is 0 Å². The van der Waals surface area contributed by atoms with Crippen molar-refractivity contribution in [2.45, 2.75) is 19.4 Å². The number of ether oxygens (including phenoxy) is 2. The largest absolute Gasteiger partial charge is 0.488 e. The number of nitrogens with one attached hydrogen (secondary N) is 1. The van der Waals surface area contributed by atoms with Crippen molar-refractivity contribution in [3.05, 3.63) is 47.9 Å². The molecule has 0 spiro atoms. The first-order valence-corrected chi connectivity index (χ1v) is 7.16. The molecule has 0 bridgehead atoms. The van der Waals surface area contributed by atoms with Crippen LogP contribution in [0.15, 0.2) is 36.5 Å². The van der Waals surface area contributed by atoms with Crippen LogP contribution in [0, 0.1) is 6.92 Å². The predicted molar refractivity (Wildman–Crippen MR) is 81.0 cm³/mol. The van der Waals surface area contributed by atoms with Gasteiger partial charge in [-0.3, -0.25) is 4.79 Å². The van der Waals surface area contributed by atoms with E-state index in [1.807, 2.05) is 13.0 Å². The number of rotatable bonds is 4. The molecule has 0 radical (unpaired) electrons. The lowest BCUT2D eigenvalue weighted by atomic mass is 10.2. The van der Waals surface area contributed by atoms with Crippen molar-refractivity contribution in [3.8, 4) is 5.75 Å². The third-order valence-corrected chi connectivity index (χ3v) is 3.26. The average molecular weight is 299 g/mol. The van der Waals surface area contributed by atoms with Crippen LogP contribution >= 0.6 is 0 Å².